The molecule has 0 saturated carbocycles. The van der Waals surface area contributed by atoms with Crippen LogP contribution in [0.25, 0.3) is 0 Å². The number of anilines is 1. The maximum Gasteiger partial charge on any atom is 0.148 e. The first-order valence-electron chi connectivity index (χ1n) is 5.94. The lowest BCUT2D eigenvalue weighted by Crippen LogP contribution is -2.15. The lowest BCUT2D eigenvalue weighted by atomic mass is 10.1. The van der Waals surface area contributed by atoms with Crippen LogP contribution >= 0.6 is 0 Å². The van der Waals surface area contributed by atoms with Crippen molar-refractivity contribution < 1.29 is 0 Å². The van der Waals surface area contributed by atoms with Gasteiger partial charge >= 0.3 is 0 Å². The Kier molecular flexibility index (Phi) is 3.39. The molecule has 2 heterocycles. The Labute approximate surface area is 97.1 Å². The molecule has 4 heteroatoms. The zero-order valence-electron chi connectivity index (χ0n) is 10.3. The molecule has 1 aliphatic heterocycles. The normalized spacial score (nSPS) is 21.6. The van der Waals surface area contributed by atoms with Gasteiger partial charge in [-0.3, -0.25) is 0 Å². The Bertz CT molecular complexity index is 333. The fraction of sp³-hybridized carbons (Fsp3) is 0.667. The fourth-order valence-corrected chi connectivity index (χ4v) is 2.11. The highest BCUT2D eigenvalue weighted by molar-refractivity contribution is 5.34. The summed E-state index contributed by atoms with van der Waals surface area (Å²) in [5, 5.41) is 11.8. The molecule has 2 rings (SSSR count). The van der Waals surface area contributed by atoms with Gasteiger partial charge in [-0.05, 0) is 46.0 Å². The number of aromatic nitrogens is 2. The molecule has 0 amide bonds. The predicted molar refractivity (Wildman–Crippen MR) is 65.6 cm³/mol. The molecule has 0 spiro atoms. The van der Waals surface area contributed by atoms with E-state index in [2.05, 4.69) is 47.4 Å². The quantitative estimate of drug-likeness (QED) is 0.842. The predicted octanol–water partition coefficient (Wildman–Crippen LogP) is 1.72. The summed E-state index contributed by atoms with van der Waals surface area (Å²) in [5.41, 5.74) is 1.12. The molecule has 1 aliphatic rings. The number of rotatable bonds is 3. The zero-order valence-corrected chi connectivity index (χ0v) is 10.3. The lowest BCUT2D eigenvalue weighted by Gasteiger charge is -2.11. The summed E-state index contributed by atoms with van der Waals surface area (Å²) in [6.45, 7) is 6.47. The Morgan fingerprint density at radius 1 is 1.38 bits per heavy atom. The first-order valence-corrected chi connectivity index (χ1v) is 5.94. The number of nitrogens with zero attached hydrogens (tertiary/aromatic N) is 3. The van der Waals surface area contributed by atoms with Gasteiger partial charge in [-0.25, -0.2) is 0 Å². The van der Waals surface area contributed by atoms with Crippen molar-refractivity contribution >= 4 is 5.82 Å². The van der Waals surface area contributed by atoms with Gasteiger partial charge in [0.15, 0.2) is 0 Å². The molecule has 16 heavy (non-hydrogen) atoms. The summed E-state index contributed by atoms with van der Waals surface area (Å²) in [5.74, 6) is 1.43. The van der Waals surface area contributed by atoms with Crippen LogP contribution in [0, 0.1) is 0 Å². The van der Waals surface area contributed by atoms with Crippen molar-refractivity contribution in [3.63, 3.8) is 0 Å². The van der Waals surface area contributed by atoms with Crippen LogP contribution in [0.3, 0.4) is 0 Å². The van der Waals surface area contributed by atoms with Gasteiger partial charge in [-0.2, -0.15) is 5.10 Å². The number of likely N-dealkylation sites (tertiary alicyclic amines) is 1. The van der Waals surface area contributed by atoms with E-state index in [4.69, 9.17) is 0 Å². The molecule has 88 valence electrons. The third-order valence-corrected chi connectivity index (χ3v) is 2.93. The second-order valence-corrected chi connectivity index (χ2v) is 4.89. The molecule has 4 nitrogen and oxygen atoms in total. The van der Waals surface area contributed by atoms with Gasteiger partial charge < -0.3 is 10.2 Å². The monoisotopic (exact) mass is 220 g/mol. The van der Waals surface area contributed by atoms with Gasteiger partial charge in [0.1, 0.15) is 5.82 Å². The van der Waals surface area contributed by atoms with E-state index in [9.17, 15) is 0 Å². The molecule has 0 aliphatic carbocycles. The molecule has 1 atom stereocenters. The molecule has 0 aromatic carbocycles. The molecule has 0 bridgehead atoms. The maximum absolute atomic E-state index is 4.31. The molecule has 1 aromatic heterocycles. The van der Waals surface area contributed by atoms with Crippen LogP contribution in [0.2, 0.25) is 0 Å². The second-order valence-electron chi connectivity index (χ2n) is 4.89. The van der Waals surface area contributed by atoms with Crippen molar-refractivity contribution in [2.75, 3.05) is 25.5 Å². The van der Waals surface area contributed by atoms with Crippen molar-refractivity contribution in [3.05, 3.63) is 17.8 Å². The molecule has 0 radical (unpaired) electrons. The van der Waals surface area contributed by atoms with Crippen molar-refractivity contribution in [3.8, 4) is 0 Å². The summed E-state index contributed by atoms with van der Waals surface area (Å²) >= 11 is 0. The van der Waals surface area contributed by atoms with Gasteiger partial charge in [0.05, 0.1) is 5.69 Å². The highest BCUT2D eigenvalue weighted by atomic mass is 15.2. The van der Waals surface area contributed by atoms with E-state index >= 15 is 0 Å². The van der Waals surface area contributed by atoms with Crippen LogP contribution in [0.4, 0.5) is 5.82 Å². The van der Waals surface area contributed by atoms with Crippen LogP contribution in [-0.2, 0) is 0 Å². The summed E-state index contributed by atoms with van der Waals surface area (Å²) < 4.78 is 0. The van der Waals surface area contributed by atoms with E-state index in [1.165, 1.54) is 13.0 Å². The number of hydrogen-bond donors (Lipinski definition) is 1. The summed E-state index contributed by atoms with van der Waals surface area (Å²) in [6.07, 6.45) is 1.20. The summed E-state index contributed by atoms with van der Waals surface area (Å²) in [4.78, 5) is 2.34. The number of likely N-dealkylation sites (N-methyl/N-ethyl adjacent to an activating group) is 1. The third kappa shape index (κ3) is 2.70. The van der Waals surface area contributed by atoms with Crippen molar-refractivity contribution in [2.24, 2.45) is 0 Å². The maximum atomic E-state index is 4.31. The molecule has 1 saturated heterocycles. The summed E-state index contributed by atoms with van der Waals surface area (Å²) in [6, 6.07) is 4.53. The van der Waals surface area contributed by atoms with Crippen LogP contribution in [0.15, 0.2) is 12.1 Å². The molecular weight excluding hydrogens is 200 g/mol. The number of nitrogens with one attached hydrogen (secondary N) is 1. The minimum atomic E-state index is 0.401. The van der Waals surface area contributed by atoms with Crippen LogP contribution < -0.4 is 5.32 Å². The fourth-order valence-electron chi connectivity index (χ4n) is 2.11. The van der Waals surface area contributed by atoms with Gasteiger partial charge in [0.25, 0.3) is 0 Å². The van der Waals surface area contributed by atoms with Crippen molar-refractivity contribution in [1.29, 1.82) is 0 Å². The van der Waals surface area contributed by atoms with Gasteiger partial charge in [-0.15, -0.1) is 5.10 Å². The van der Waals surface area contributed by atoms with E-state index in [1.54, 1.807) is 0 Å². The van der Waals surface area contributed by atoms with E-state index < -0.39 is 0 Å². The Morgan fingerprint density at radius 3 is 2.69 bits per heavy atom. The Morgan fingerprint density at radius 2 is 2.19 bits per heavy atom. The van der Waals surface area contributed by atoms with Crippen LogP contribution in [0.5, 0.6) is 0 Å². The van der Waals surface area contributed by atoms with Gasteiger partial charge in [0, 0.05) is 18.5 Å². The van der Waals surface area contributed by atoms with E-state index in [-0.39, 0.29) is 0 Å². The molecule has 1 fully saturated rings. The third-order valence-electron chi connectivity index (χ3n) is 2.93. The summed E-state index contributed by atoms with van der Waals surface area (Å²) in [7, 11) is 2.15. The van der Waals surface area contributed by atoms with Crippen LogP contribution in [-0.4, -0.2) is 41.3 Å². The van der Waals surface area contributed by atoms with Gasteiger partial charge in [-0.1, -0.05) is 0 Å². The van der Waals surface area contributed by atoms with Crippen molar-refractivity contribution in [2.45, 2.75) is 32.2 Å². The molecule has 1 N–H and O–H groups in total. The highest BCUT2D eigenvalue weighted by Crippen LogP contribution is 2.24. The van der Waals surface area contributed by atoms with Crippen LogP contribution in [0.1, 0.15) is 31.9 Å². The molecule has 1 aromatic rings. The Balaban J connectivity index is 2.02. The average molecular weight is 220 g/mol. The smallest absolute Gasteiger partial charge is 0.148 e. The Hall–Kier alpha value is -1.16. The number of hydrogen-bond acceptors (Lipinski definition) is 4. The molecule has 1 unspecified atom stereocenters. The standard InChI is InChI=1S/C12H20N4/c1-9(2)13-12-5-4-11(14-15-12)10-6-7-16(3)8-10/h4-5,9-10H,6-8H2,1-3H3,(H,13,15). The topological polar surface area (TPSA) is 41.0 Å². The first-order chi connectivity index (χ1) is 7.65. The van der Waals surface area contributed by atoms with E-state index in [0.29, 0.717) is 12.0 Å². The van der Waals surface area contributed by atoms with E-state index in [0.717, 1.165) is 18.1 Å². The minimum Gasteiger partial charge on any atom is -0.366 e. The van der Waals surface area contributed by atoms with Crippen molar-refractivity contribution in [1.82, 2.24) is 15.1 Å². The SMILES string of the molecule is CC(C)Nc1ccc(C2CCN(C)C2)nn1. The largest absolute Gasteiger partial charge is 0.366 e. The minimum absolute atomic E-state index is 0.401. The lowest BCUT2D eigenvalue weighted by molar-refractivity contribution is 0.410. The van der Waals surface area contributed by atoms with Gasteiger partial charge in [0.2, 0.25) is 0 Å². The molecular formula is C12H20N4. The first kappa shape index (κ1) is 11.3. The average Bonchev–Trinajstić information content (AvgIpc) is 2.65. The zero-order chi connectivity index (χ0) is 11.5. The van der Waals surface area contributed by atoms with E-state index in [1.807, 2.05) is 6.07 Å². The highest BCUT2D eigenvalue weighted by Gasteiger charge is 2.22. The second kappa shape index (κ2) is 4.78.